The summed E-state index contributed by atoms with van der Waals surface area (Å²) in [5, 5.41) is 0. The van der Waals surface area contributed by atoms with Gasteiger partial charge in [-0.2, -0.15) is 0 Å². The summed E-state index contributed by atoms with van der Waals surface area (Å²) in [4.78, 5) is 13.1. The second kappa shape index (κ2) is 5.61. The number of ether oxygens (including phenoxy) is 1. The van der Waals surface area contributed by atoms with Crippen molar-refractivity contribution in [2.45, 2.75) is 12.8 Å². The number of carbonyl (C=O) groups excluding carboxylic acids is 1. The summed E-state index contributed by atoms with van der Waals surface area (Å²) in [5.41, 5.74) is 2.13. The van der Waals surface area contributed by atoms with E-state index >= 15 is 0 Å². The summed E-state index contributed by atoms with van der Waals surface area (Å²) < 4.78 is 5.70. The van der Waals surface area contributed by atoms with Gasteiger partial charge in [-0.05, 0) is 5.56 Å². The summed E-state index contributed by atoms with van der Waals surface area (Å²) >= 11 is 0. The Morgan fingerprint density at radius 3 is 2.30 bits per heavy atom. The molecule has 0 spiro atoms. The van der Waals surface area contributed by atoms with Crippen LogP contribution in [-0.4, -0.2) is 17.4 Å². The number of nitrogens with zero attached hydrogens (tertiary/aromatic N) is 1. The molecule has 0 saturated carbocycles. The van der Waals surface area contributed by atoms with Gasteiger partial charge in [0.2, 0.25) is 6.23 Å². The van der Waals surface area contributed by atoms with E-state index in [0.29, 0.717) is 6.54 Å². The summed E-state index contributed by atoms with van der Waals surface area (Å²) in [6, 6.07) is 19.8. The van der Waals surface area contributed by atoms with Crippen LogP contribution in [-0.2, 0) is 16.1 Å². The smallest absolute Gasteiger partial charge is 0.228 e. The monoisotopic (exact) mass is 265 g/mol. The molecule has 2 aromatic carbocycles. The molecule has 1 atom stereocenters. The van der Waals surface area contributed by atoms with Crippen LogP contribution in [0.15, 0.2) is 66.9 Å². The highest BCUT2D eigenvalue weighted by molar-refractivity contribution is 5.67. The van der Waals surface area contributed by atoms with Gasteiger partial charge in [0.25, 0.3) is 0 Å². The molecule has 100 valence electrons. The van der Waals surface area contributed by atoms with Crippen LogP contribution in [0.25, 0.3) is 5.76 Å². The first-order valence-corrected chi connectivity index (χ1v) is 6.56. The van der Waals surface area contributed by atoms with Crippen LogP contribution in [0.4, 0.5) is 0 Å². The van der Waals surface area contributed by atoms with Gasteiger partial charge in [-0.3, -0.25) is 4.79 Å². The second-order valence-corrected chi connectivity index (χ2v) is 4.66. The minimum Gasteiger partial charge on any atom is -0.461 e. The zero-order valence-electron chi connectivity index (χ0n) is 11.0. The van der Waals surface area contributed by atoms with Gasteiger partial charge in [-0.15, -0.1) is 0 Å². The van der Waals surface area contributed by atoms with Crippen LogP contribution in [0.3, 0.4) is 0 Å². The van der Waals surface area contributed by atoms with Gasteiger partial charge in [0.05, 0.1) is 0 Å². The third-order valence-corrected chi connectivity index (χ3v) is 3.24. The molecule has 0 saturated heterocycles. The first kappa shape index (κ1) is 12.5. The molecule has 0 fully saturated rings. The largest absolute Gasteiger partial charge is 0.461 e. The lowest BCUT2D eigenvalue weighted by Gasteiger charge is -2.19. The van der Waals surface area contributed by atoms with Crippen LogP contribution >= 0.6 is 0 Å². The number of hydrogen-bond acceptors (Lipinski definition) is 3. The number of hydrogen-bond donors (Lipinski definition) is 0. The van der Waals surface area contributed by atoms with Crippen LogP contribution in [0.2, 0.25) is 0 Å². The zero-order valence-corrected chi connectivity index (χ0v) is 11.0. The number of benzene rings is 2. The van der Waals surface area contributed by atoms with E-state index in [-0.39, 0.29) is 0 Å². The zero-order chi connectivity index (χ0) is 13.8. The average molecular weight is 265 g/mol. The van der Waals surface area contributed by atoms with Crippen molar-refractivity contribution in [2.75, 3.05) is 0 Å². The van der Waals surface area contributed by atoms with Crippen molar-refractivity contribution in [3.8, 4) is 0 Å². The first-order chi connectivity index (χ1) is 9.86. The van der Waals surface area contributed by atoms with Gasteiger partial charge in [-0.25, -0.2) is 0 Å². The van der Waals surface area contributed by atoms with E-state index in [4.69, 9.17) is 4.74 Å². The van der Waals surface area contributed by atoms with Gasteiger partial charge < -0.3 is 9.64 Å². The Hall–Kier alpha value is -2.55. The lowest BCUT2D eigenvalue weighted by molar-refractivity contribution is -0.119. The van der Waals surface area contributed by atoms with E-state index in [1.165, 1.54) is 0 Å². The summed E-state index contributed by atoms with van der Waals surface area (Å²) in [6.07, 6.45) is 2.18. The summed E-state index contributed by atoms with van der Waals surface area (Å²) in [5.74, 6) is 0.735. The number of carbonyl (C=O) groups is 1. The Kier molecular flexibility index (Phi) is 3.50. The highest BCUT2D eigenvalue weighted by atomic mass is 16.5. The Bertz CT molecular complexity index is 607. The van der Waals surface area contributed by atoms with Gasteiger partial charge in [0.15, 0.2) is 6.29 Å². The SMILES string of the molecule is O=CC1OC(c2ccccc2)=CN1Cc1ccccc1. The minimum absolute atomic E-state index is 0.551. The molecule has 0 radical (unpaired) electrons. The number of aldehydes is 1. The molecule has 0 N–H and O–H groups in total. The van der Waals surface area contributed by atoms with Crippen molar-refractivity contribution in [1.29, 1.82) is 0 Å². The molecule has 0 aliphatic carbocycles. The maximum atomic E-state index is 11.2. The third-order valence-electron chi connectivity index (χ3n) is 3.24. The summed E-state index contributed by atoms with van der Waals surface area (Å²) in [7, 11) is 0. The van der Waals surface area contributed by atoms with Gasteiger partial charge >= 0.3 is 0 Å². The topological polar surface area (TPSA) is 29.5 Å². The van der Waals surface area contributed by atoms with Crippen molar-refractivity contribution in [3.05, 3.63) is 78.0 Å². The molecule has 2 aromatic rings. The molecule has 3 heteroatoms. The van der Waals surface area contributed by atoms with E-state index in [1.807, 2.05) is 71.8 Å². The molecule has 1 unspecified atom stereocenters. The predicted molar refractivity (Wildman–Crippen MR) is 77.3 cm³/mol. The quantitative estimate of drug-likeness (QED) is 0.796. The molecule has 1 aliphatic heterocycles. The molecule has 0 bridgehead atoms. The van der Waals surface area contributed by atoms with Crippen LogP contribution in [0, 0.1) is 0 Å². The van der Waals surface area contributed by atoms with Crippen molar-refractivity contribution in [3.63, 3.8) is 0 Å². The molecular weight excluding hydrogens is 250 g/mol. The maximum absolute atomic E-state index is 11.2. The Morgan fingerprint density at radius 1 is 1.00 bits per heavy atom. The number of rotatable bonds is 4. The van der Waals surface area contributed by atoms with E-state index in [9.17, 15) is 4.79 Å². The van der Waals surface area contributed by atoms with Crippen molar-refractivity contribution in [1.82, 2.24) is 4.90 Å². The molecule has 1 aliphatic rings. The van der Waals surface area contributed by atoms with Gasteiger partial charge in [0.1, 0.15) is 5.76 Å². The van der Waals surface area contributed by atoms with E-state index < -0.39 is 6.23 Å². The summed E-state index contributed by atoms with van der Waals surface area (Å²) in [6.45, 7) is 0.653. The Morgan fingerprint density at radius 2 is 1.65 bits per heavy atom. The minimum atomic E-state index is -0.551. The predicted octanol–water partition coefficient (Wildman–Crippen LogP) is 3.04. The molecule has 0 amide bonds. The Balaban J connectivity index is 1.82. The van der Waals surface area contributed by atoms with Crippen molar-refractivity contribution in [2.24, 2.45) is 0 Å². The lowest BCUT2D eigenvalue weighted by Crippen LogP contribution is -2.28. The fourth-order valence-electron chi connectivity index (χ4n) is 2.23. The fourth-order valence-corrected chi connectivity index (χ4v) is 2.23. The molecule has 0 aromatic heterocycles. The first-order valence-electron chi connectivity index (χ1n) is 6.56. The van der Waals surface area contributed by atoms with Gasteiger partial charge in [-0.1, -0.05) is 60.7 Å². The van der Waals surface area contributed by atoms with Gasteiger partial charge in [0, 0.05) is 18.3 Å². The van der Waals surface area contributed by atoms with E-state index in [0.717, 1.165) is 23.2 Å². The maximum Gasteiger partial charge on any atom is 0.228 e. The van der Waals surface area contributed by atoms with Crippen molar-refractivity contribution >= 4 is 12.0 Å². The highest BCUT2D eigenvalue weighted by Crippen LogP contribution is 2.27. The van der Waals surface area contributed by atoms with Crippen LogP contribution < -0.4 is 0 Å². The van der Waals surface area contributed by atoms with Crippen LogP contribution in [0.5, 0.6) is 0 Å². The second-order valence-electron chi connectivity index (χ2n) is 4.66. The fraction of sp³-hybridized carbons (Fsp3) is 0.118. The van der Waals surface area contributed by atoms with E-state index in [2.05, 4.69) is 0 Å². The van der Waals surface area contributed by atoms with E-state index in [1.54, 1.807) is 0 Å². The normalized spacial score (nSPS) is 17.5. The lowest BCUT2D eigenvalue weighted by atomic mass is 10.2. The van der Waals surface area contributed by atoms with Crippen LogP contribution in [0.1, 0.15) is 11.1 Å². The average Bonchev–Trinajstić information content (AvgIpc) is 2.92. The molecule has 20 heavy (non-hydrogen) atoms. The Labute approximate surface area is 118 Å². The third kappa shape index (κ3) is 2.57. The molecule has 3 rings (SSSR count). The molecular formula is C17H15NO2. The molecule has 1 heterocycles. The molecule has 3 nitrogen and oxygen atoms in total. The standard InChI is InChI=1S/C17H15NO2/c19-13-17-18(11-14-7-3-1-4-8-14)12-16(20-17)15-9-5-2-6-10-15/h1-10,12-13,17H,11H2. The highest BCUT2D eigenvalue weighted by Gasteiger charge is 2.26. The van der Waals surface area contributed by atoms with Crippen molar-refractivity contribution < 1.29 is 9.53 Å².